The number of benzene rings is 1. The van der Waals surface area contributed by atoms with Crippen molar-refractivity contribution in [2.24, 2.45) is 23.2 Å². The summed E-state index contributed by atoms with van der Waals surface area (Å²) in [4.78, 5) is 79.6. The number of nitrogens with one attached hydrogen (secondary N) is 3. The molecule has 6 rings (SSSR count). The smallest absolute Gasteiger partial charge is 0.497 e. The zero-order valence-electron chi connectivity index (χ0n) is 43.4. The molecule has 0 bridgehead atoms. The molecule has 21 nitrogen and oxygen atoms in total. The summed E-state index contributed by atoms with van der Waals surface area (Å²) in [6, 6.07) is 4.72. The Morgan fingerprint density at radius 1 is 0.904 bits per heavy atom. The number of rotatable bonds is 23. The molecule has 3 N–H and O–H groups in total. The van der Waals surface area contributed by atoms with Crippen LogP contribution in [0.25, 0.3) is 22.3 Å². The molecule has 5 atom stereocenters. The lowest BCUT2D eigenvalue weighted by atomic mass is 9.85. The van der Waals surface area contributed by atoms with Gasteiger partial charge in [-0.2, -0.15) is 0 Å². The van der Waals surface area contributed by atoms with E-state index in [1.165, 1.54) is 22.3 Å². The van der Waals surface area contributed by atoms with Gasteiger partial charge in [-0.3, -0.25) is 23.2 Å². The van der Waals surface area contributed by atoms with E-state index in [1.807, 2.05) is 46.9 Å². The molecule has 2 aliphatic carbocycles. The first-order valence-corrected chi connectivity index (χ1v) is 27.0. The summed E-state index contributed by atoms with van der Waals surface area (Å²) in [5, 5.41) is 10.3. The van der Waals surface area contributed by atoms with Crippen molar-refractivity contribution in [2.45, 2.75) is 136 Å². The molecule has 1 aromatic carbocycles. The van der Waals surface area contributed by atoms with Gasteiger partial charge in [0, 0.05) is 41.3 Å². The average molecular weight is 1060 g/mol. The van der Waals surface area contributed by atoms with E-state index in [1.54, 1.807) is 52.1 Å². The van der Waals surface area contributed by atoms with Gasteiger partial charge in [0.1, 0.15) is 46.8 Å². The average Bonchev–Trinajstić information content (AvgIpc) is 3.73. The number of amides is 3. The fourth-order valence-electron chi connectivity index (χ4n) is 8.40. The molecule has 0 radical (unpaired) electrons. The SMILES string of the molecule is C=C[C@@H]1C[C@]1(NC(=O)[C@@H]1C[C@@H](Oc2cc(-c3csc(NC(C)C)n3)nc3cc(OC)ccc23)CN1C(=O)[C@@H](NC(=O)OC1CCCC1)C(C)(C)C)P(=O)(OCOC(=O)OCC(C)C)OCOC(=O)OCC(C)C. The number of anilines is 1. The minimum absolute atomic E-state index is 0.0177. The van der Waals surface area contributed by atoms with Crippen LogP contribution in [0.15, 0.2) is 42.3 Å². The molecule has 3 aliphatic rings. The van der Waals surface area contributed by atoms with E-state index in [0.717, 1.165) is 12.8 Å². The van der Waals surface area contributed by atoms with Crippen LogP contribution in [0.1, 0.15) is 101 Å². The number of carbonyl (C=O) groups is 5. The molecule has 23 heteroatoms. The fraction of sp³-hybridized carbons (Fsp3) is 0.620. The number of methoxy groups -OCH3 is 1. The van der Waals surface area contributed by atoms with Crippen LogP contribution in [0.3, 0.4) is 0 Å². The van der Waals surface area contributed by atoms with Crippen LogP contribution in [-0.4, -0.2) is 121 Å². The summed E-state index contributed by atoms with van der Waals surface area (Å²) in [7, 11) is -3.19. The molecule has 0 unspecified atom stereocenters. The van der Waals surface area contributed by atoms with Gasteiger partial charge in [0.25, 0.3) is 0 Å². The van der Waals surface area contributed by atoms with Gasteiger partial charge in [-0.05, 0) is 75.3 Å². The monoisotopic (exact) mass is 1060 g/mol. The lowest BCUT2D eigenvalue weighted by Crippen LogP contribution is -2.58. The minimum Gasteiger partial charge on any atom is -0.497 e. The zero-order valence-corrected chi connectivity index (χ0v) is 45.1. The second-order valence-electron chi connectivity index (χ2n) is 20.6. The van der Waals surface area contributed by atoms with Gasteiger partial charge in [-0.1, -0.05) is 54.5 Å². The van der Waals surface area contributed by atoms with Crippen molar-refractivity contribution in [3.63, 3.8) is 0 Å². The fourth-order valence-corrected chi connectivity index (χ4v) is 11.4. The number of carbonyl (C=O) groups excluding carboxylic acids is 5. The maximum Gasteiger partial charge on any atom is 0.510 e. The number of ether oxygens (including phenoxy) is 7. The van der Waals surface area contributed by atoms with Crippen molar-refractivity contribution in [1.29, 1.82) is 0 Å². The van der Waals surface area contributed by atoms with E-state index in [4.69, 9.17) is 52.2 Å². The highest BCUT2D eigenvalue weighted by Crippen LogP contribution is 2.73. The van der Waals surface area contributed by atoms with Gasteiger partial charge in [-0.25, -0.2) is 24.4 Å². The molecule has 3 amide bonds. The van der Waals surface area contributed by atoms with E-state index in [2.05, 4.69) is 22.5 Å². The van der Waals surface area contributed by atoms with Gasteiger partial charge in [0.15, 0.2) is 5.13 Å². The van der Waals surface area contributed by atoms with Gasteiger partial charge >= 0.3 is 26.0 Å². The third-order valence-corrected chi connectivity index (χ3v) is 15.5. The zero-order chi connectivity index (χ0) is 53.3. The van der Waals surface area contributed by atoms with Crippen LogP contribution < -0.4 is 25.4 Å². The number of likely N-dealkylation sites (tertiary alicyclic amines) is 1. The van der Waals surface area contributed by atoms with Gasteiger partial charge < -0.3 is 54.0 Å². The summed E-state index contributed by atoms with van der Waals surface area (Å²) in [5.41, 5.74) is 0.723. The van der Waals surface area contributed by atoms with Crippen molar-refractivity contribution in [1.82, 2.24) is 25.5 Å². The molecule has 1 saturated heterocycles. The Morgan fingerprint density at radius 3 is 2.11 bits per heavy atom. The van der Waals surface area contributed by atoms with E-state index < -0.39 is 86.2 Å². The first-order chi connectivity index (χ1) is 34.5. The van der Waals surface area contributed by atoms with Crippen LogP contribution in [0.2, 0.25) is 0 Å². The molecule has 0 spiro atoms. The Kier molecular flexibility index (Phi) is 19.0. The van der Waals surface area contributed by atoms with Crippen molar-refractivity contribution in [2.75, 3.05) is 45.8 Å². The molecule has 3 aromatic rings. The first kappa shape index (κ1) is 56.6. The van der Waals surface area contributed by atoms with Gasteiger partial charge in [0.2, 0.25) is 25.4 Å². The van der Waals surface area contributed by atoms with E-state index >= 15 is 14.2 Å². The summed E-state index contributed by atoms with van der Waals surface area (Å²) >= 11 is 1.42. The normalized spacial score (nSPS) is 20.4. The predicted octanol–water partition coefficient (Wildman–Crippen LogP) is 9.40. The lowest BCUT2D eigenvalue weighted by molar-refractivity contribution is -0.142. The number of fused-ring (bicyclic) bond motifs is 1. The Morgan fingerprint density at radius 2 is 1.55 bits per heavy atom. The van der Waals surface area contributed by atoms with Crippen molar-refractivity contribution < 1.29 is 70.7 Å². The minimum atomic E-state index is -4.74. The number of aromatic nitrogens is 2. The Bertz CT molecular complexity index is 2460. The lowest BCUT2D eigenvalue weighted by Gasteiger charge is -2.36. The molecular formula is C50H71N6O15PS. The molecular weight excluding hydrogens is 988 g/mol. The molecule has 3 heterocycles. The highest BCUT2D eigenvalue weighted by Gasteiger charge is 2.69. The third kappa shape index (κ3) is 14.8. The number of pyridine rings is 1. The standard InChI is InChI=1S/C50H71N6O15PS/c1-12-32-22-50(32,72(62,68-27-66-47(60)64-24-29(2)3)69-28-67-48(61)65-25-30(4)5)55-43(57)40-20-35(23-56(40)44(58)42(49(8,9)10)54-46(59)71-33-15-13-14-16-33)70-41-21-38(39-26-73-45(53-39)51-31(6)7)52-37-19-34(63-11)17-18-36(37)41/h12,17-19,21,26,29-33,35,40,42H,1,13-16,20,22-25,27-28H2,2-11H3,(H,51,53)(H,54,59)(H,55,57)/t32-,35-,40+,42-,50+/m1/s1. The van der Waals surface area contributed by atoms with Crippen LogP contribution in [0, 0.1) is 23.2 Å². The maximum absolute atomic E-state index is 15.1. The van der Waals surface area contributed by atoms with Gasteiger partial charge in [0.05, 0.1) is 38.1 Å². The Balaban J connectivity index is 1.34. The number of hydrogen-bond donors (Lipinski definition) is 3. The van der Waals surface area contributed by atoms with E-state index in [0.29, 0.717) is 51.8 Å². The van der Waals surface area contributed by atoms with E-state index in [9.17, 15) is 14.4 Å². The van der Waals surface area contributed by atoms with Crippen LogP contribution >= 0.6 is 18.9 Å². The van der Waals surface area contributed by atoms with Crippen LogP contribution in [-0.2, 0) is 46.9 Å². The molecule has 2 saturated carbocycles. The third-order valence-electron chi connectivity index (χ3n) is 12.2. The predicted molar refractivity (Wildman–Crippen MR) is 271 cm³/mol. The topological polar surface area (TPSA) is 251 Å². The highest BCUT2D eigenvalue weighted by atomic mass is 32.1. The number of hydrogen-bond acceptors (Lipinski definition) is 19. The molecule has 2 aromatic heterocycles. The second kappa shape index (κ2) is 24.6. The summed E-state index contributed by atoms with van der Waals surface area (Å²) in [6.07, 6.45) is 0.423. The molecule has 402 valence electrons. The summed E-state index contributed by atoms with van der Waals surface area (Å²) in [6.45, 7) is 18.6. The number of thiazole rings is 1. The Hall–Kier alpha value is -5.70. The van der Waals surface area contributed by atoms with Crippen molar-refractivity contribution >= 4 is 65.2 Å². The molecule has 1 aliphatic heterocycles. The molecule has 73 heavy (non-hydrogen) atoms. The van der Waals surface area contributed by atoms with Gasteiger partial charge in [-0.15, -0.1) is 17.9 Å². The van der Waals surface area contributed by atoms with Crippen LogP contribution in [0.4, 0.5) is 19.5 Å². The van der Waals surface area contributed by atoms with Crippen molar-refractivity contribution in [3.05, 3.63) is 42.3 Å². The first-order valence-electron chi connectivity index (χ1n) is 24.6. The number of nitrogens with zero attached hydrogens (tertiary/aromatic N) is 3. The summed E-state index contributed by atoms with van der Waals surface area (Å²) in [5.74, 6) is -1.25. The molecule has 3 fully saturated rings. The highest BCUT2D eigenvalue weighted by molar-refractivity contribution is 7.56. The second-order valence-corrected chi connectivity index (χ2v) is 23.8. The largest absolute Gasteiger partial charge is 0.510 e. The van der Waals surface area contributed by atoms with Crippen molar-refractivity contribution in [3.8, 4) is 22.9 Å². The van der Waals surface area contributed by atoms with Crippen LogP contribution in [0.5, 0.6) is 11.5 Å². The summed E-state index contributed by atoms with van der Waals surface area (Å²) < 4.78 is 65.0. The number of alkyl carbamates (subject to hydrolysis) is 1. The van der Waals surface area contributed by atoms with E-state index in [-0.39, 0.29) is 56.6 Å². The Labute approximate surface area is 430 Å². The quantitative estimate of drug-likeness (QED) is 0.0263. The maximum atomic E-state index is 15.1.